The van der Waals surface area contributed by atoms with Crippen molar-refractivity contribution >= 4 is 0 Å². The molecule has 2 aromatic rings. The van der Waals surface area contributed by atoms with E-state index in [1.54, 1.807) is 0 Å². The van der Waals surface area contributed by atoms with Crippen LogP contribution < -0.4 is 9.47 Å². The van der Waals surface area contributed by atoms with E-state index in [1.807, 2.05) is 38.1 Å². The lowest BCUT2D eigenvalue weighted by Gasteiger charge is -2.16. The maximum absolute atomic E-state index is 9.50. The third-order valence-electron chi connectivity index (χ3n) is 4.40. The first-order valence-corrected chi connectivity index (χ1v) is 9.55. The summed E-state index contributed by atoms with van der Waals surface area (Å²) in [5, 5.41) is 38.0. The maximum Gasteiger partial charge on any atom is 0.130 e. The Kier molecular flexibility index (Phi) is 9.37. The van der Waals surface area contributed by atoms with Crippen LogP contribution in [0.1, 0.15) is 33.4 Å². The first-order chi connectivity index (χ1) is 14.0. The lowest BCUT2D eigenvalue weighted by atomic mass is 10.1. The molecule has 4 N–H and O–H groups in total. The Morgan fingerprint density at radius 1 is 0.552 bits per heavy atom. The highest BCUT2D eigenvalue weighted by atomic mass is 16.5. The fourth-order valence-electron chi connectivity index (χ4n) is 3.21. The lowest BCUT2D eigenvalue weighted by molar-refractivity contribution is 0.0740. The molecule has 7 nitrogen and oxygen atoms in total. The van der Waals surface area contributed by atoms with Gasteiger partial charge in [-0.3, -0.25) is 0 Å². The normalized spacial score (nSPS) is 11.0. The first-order valence-electron chi connectivity index (χ1n) is 9.55. The molecule has 0 atom stereocenters. The Labute approximate surface area is 171 Å². The SMILES string of the molecule is Cc1cc(CO)c(OCCOCCOc2c(CO)cc(C)cc2CO)c(CO)c1. The van der Waals surface area contributed by atoms with E-state index in [1.165, 1.54) is 0 Å². The van der Waals surface area contributed by atoms with E-state index in [9.17, 15) is 20.4 Å². The van der Waals surface area contributed by atoms with Crippen LogP contribution in [0.2, 0.25) is 0 Å². The minimum absolute atomic E-state index is 0.171. The zero-order chi connectivity index (χ0) is 21.2. The molecular formula is C22H30O7. The van der Waals surface area contributed by atoms with E-state index >= 15 is 0 Å². The fraction of sp³-hybridized carbons (Fsp3) is 0.455. The van der Waals surface area contributed by atoms with Gasteiger partial charge in [-0.2, -0.15) is 0 Å². The van der Waals surface area contributed by atoms with Gasteiger partial charge in [-0.15, -0.1) is 0 Å². The van der Waals surface area contributed by atoms with E-state index in [0.29, 0.717) is 47.0 Å². The molecule has 2 aromatic carbocycles. The van der Waals surface area contributed by atoms with Gasteiger partial charge in [0.1, 0.15) is 24.7 Å². The highest BCUT2D eigenvalue weighted by Gasteiger charge is 2.12. The molecule has 0 amide bonds. The molecule has 2 rings (SSSR count). The minimum atomic E-state index is -0.171. The van der Waals surface area contributed by atoms with E-state index < -0.39 is 0 Å². The number of aliphatic hydroxyl groups excluding tert-OH is 4. The Morgan fingerprint density at radius 3 is 1.14 bits per heavy atom. The lowest BCUT2D eigenvalue weighted by Crippen LogP contribution is -2.14. The van der Waals surface area contributed by atoms with Crippen LogP contribution in [0.5, 0.6) is 11.5 Å². The summed E-state index contributed by atoms with van der Waals surface area (Å²) in [5.41, 5.74) is 4.41. The second-order valence-electron chi connectivity index (χ2n) is 6.77. The van der Waals surface area contributed by atoms with Gasteiger partial charge in [-0.1, -0.05) is 35.4 Å². The van der Waals surface area contributed by atoms with Gasteiger partial charge in [0.15, 0.2) is 0 Å². The summed E-state index contributed by atoms with van der Waals surface area (Å²) >= 11 is 0. The summed E-state index contributed by atoms with van der Waals surface area (Å²) in [5.74, 6) is 0.973. The molecule has 160 valence electrons. The molecule has 29 heavy (non-hydrogen) atoms. The van der Waals surface area contributed by atoms with Crippen LogP contribution in [0.25, 0.3) is 0 Å². The fourth-order valence-corrected chi connectivity index (χ4v) is 3.21. The number of hydrogen-bond donors (Lipinski definition) is 4. The molecule has 0 spiro atoms. The third-order valence-corrected chi connectivity index (χ3v) is 4.40. The van der Waals surface area contributed by atoms with Crippen molar-refractivity contribution in [3.63, 3.8) is 0 Å². The van der Waals surface area contributed by atoms with Gasteiger partial charge in [0.05, 0.1) is 39.6 Å². The topological polar surface area (TPSA) is 109 Å². The molecule has 0 fully saturated rings. The molecule has 0 aliphatic carbocycles. The van der Waals surface area contributed by atoms with Crippen molar-refractivity contribution < 1.29 is 34.6 Å². The van der Waals surface area contributed by atoms with E-state index in [-0.39, 0.29) is 39.6 Å². The molecule has 0 unspecified atom stereocenters. The van der Waals surface area contributed by atoms with Crippen molar-refractivity contribution in [3.05, 3.63) is 57.6 Å². The van der Waals surface area contributed by atoms with Crippen LogP contribution in [-0.4, -0.2) is 46.9 Å². The van der Waals surface area contributed by atoms with Crippen LogP contribution in [0.3, 0.4) is 0 Å². The van der Waals surface area contributed by atoms with Gasteiger partial charge in [0.2, 0.25) is 0 Å². The summed E-state index contributed by atoms with van der Waals surface area (Å²) in [6.45, 7) is 4.24. The van der Waals surface area contributed by atoms with Crippen LogP contribution >= 0.6 is 0 Å². The maximum atomic E-state index is 9.50. The van der Waals surface area contributed by atoms with Crippen molar-refractivity contribution in [1.29, 1.82) is 0 Å². The zero-order valence-corrected chi connectivity index (χ0v) is 17.0. The molecule has 0 saturated carbocycles. The average Bonchev–Trinajstić information content (AvgIpc) is 2.73. The summed E-state index contributed by atoms with van der Waals surface area (Å²) in [7, 11) is 0. The molecular weight excluding hydrogens is 376 g/mol. The van der Waals surface area contributed by atoms with Crippen LogP contribution in [0, 0.1) is 13.8 Å². The molecule has 0 aliphatic heterocycles. The third kappa shape index (κ3) is 6.42. The van der Waals surface area contributed by atoms with Crippen molar-refractivity contribution in [2.75, 3.05) is 26.4 Å². The minimum Gasteiger partial charge on any atom is -0.490 e. The molecule has 0 saturated heterocycles. The predicted molar refractivity (Wildman–Crippen MR) is 108 cm³/mol. The van der Waals surface area contributed by atoms with Gasteiger partial charge in [0, 0.05) is 22.3 Å². The standard InChI is InChI=1S/C22H30O7/c1-15-7-17(11-23)21(18(8-15)12-24)28-5-3-27-4-6-29-22-19(13-25)9-16(2)10-20(22)14-26/h7-10,23-26H,3-6,11-14H2,1-2H3. The number of ether oxygens (including phenoxy) is 3. The van der Waals surface area contributed by atoms with Crippen LogP contribution in [0.4, 0.5) is 0 Å². The van der Waals surface area contributed by atoms with Crippen molar-refractivity contribution in [2.24, 2.45) is 0 Å². The second-order valence-corrected chi connectivity index (χ2v) is 6.77. The van der Waals surface area contributed by atoms with Gasteiger partial charge in [-0.25, -0.2) is 0 Å². The summed E-state index contributed by atoms with van der Waals surface area (Å²) in [4.78, 5) is 0. The Bertz CT molecular complexity index is 673. The zero-order valence-electron chi connectivity index (χ0n) is 17.0. The Balaban J connectivity index is 1.81. The Morgan fingerprint density at radius 2 is 0.862 bits per heavy atom. The average molecular weight is 406 g/mol. The van der Waals surface area contributed by atoms with Gasteiger partial charge in [-0.05, 0) is 13.8 Å². The van der Waals surface area contributed by atoms with Gasteiger partial charge >= 0.3 is 0 Å². The second kappa shape index (κ2) is 11.7. The molecule has 7 heteroatoms. The summed E-state index contributed by atoms with van der Waals surface area (Å²) in [6, 6.07) is 7.29. The largest absolute Gasteiger partial charge is 0.490 e. The molecule has 0 aromatic heterocycles. The number of benzene rings is 2. The van der Waals surface area contributed by atoms with Gasteiger partial charge < -0.3 is 34.6 Å². The quantitative estimate of drug-likeness (QED) is 0.398. The number of hydrogen-bond acceptors (Lipinski definition) is 7. The number of aliphatic hydroxyl groups is 4. The van der Waals surface area contributed by atoms with Gasteiger partial charge in [0.25, 0.3) is 0 Å². The van der Waals surface area contributed by atoms with Crippen molar-refractivity contribution in [1.82, 2.24) is 0 Å². The number of aryl methyl sites for hydroxylation is 2. The summed E-state index contributed by atoms with van der Waals surface area (Å²) < 4.78 is 16.9. The monoisotopic (exact) mass is 406 g/mol. The van der Waals surface area contributed by atoms with E-state index in [4.69, 9.17) is 14.2 Å². The smallest absolute Gasteiger partial charge is 0.130 e. The summed E-state index contributed by atoms with van der Waals surface area (Å²) in [6.07, 6.45) is 0. The Hall–Kier alpha value is -2.16. The van der Waals surface area contributed by atoms with Crippen LogP contribution in [-0.2, 0) is 31.2 Å². The van der Waals surface area contributed by atoms with Crippen molar-refractivity contribution in [2.45, 2.75) is 40.3 Å². The highest BCUT2D eigenvalue weighted by molar-refractivity contribution is 5.44. The molecule has 0 radical (unpaired) electrons. The number of rotatable bonds is 12. The first kappa shape index (κ1) is 23.1. The van der Waals surface area contributed by atoms with Crippen LogP contribution in [0.15, 0.2) is 24.3 Å². The highest BCUT2D eigenvalue weighted by Crippen LogP contribution is 2.27. The molecule has 0 aliphatic rings. The predicted octanol–water partition coefficient (Wildman–Crippen LogP) is 1.75. The molecule has 0 bridgehead atoms. The van der Waals surface area contributed by atoms with E-state index in [2.05, 4.69) is 0 Å². The van der Waals surface area contributed by atoms with Crippen molar-refractivity contribution in [3.8, 4) is 11.5 Å². The molecule has 0 heterocycles. The van der Waals surface area contributed by atoms with E-state index in [0.717, 1.165) is 11.1 Å².